The van der Waals surface area contributed by atoms with Gasteiger partial charge in [0.25, 0.3) is 0 Å². The molecule has 56 heavy (non-hydrogen) atoms. The Morgan fingerprint density at radius 1 is 0.482 bits per heavy atom. The molecule has 0 aliphatic heterocycles. The van der Waals surface area contributed by atoms with E-state index in [0.717, 1.165) is 57.8 Å². The molecule has 2 atom stereocenters. The summed E-state index contributed by atoms with van der Waals surface area (Å²) in [6, 6.07) is 0. The van der Waals surface area contributed by atoms with E-state index in [4.69, 9.17) is 18.5 Å². The normalized spacial score (nSPS) is 13.6. The first-order valence-electron chi connectivity index (χ1n) is 23.3. The van der Waals surface area contributed by atoms with Crippen LogP contribution < -0.4 is 0 Å². The molecular formula is C47H87O8P. The second kappa shape index (κ2) is 42.9. The fourth-order valence-electron chi connectivity index (χ4n) is 6.48. The predicted octanol–water partition coefficient (Wildman–Crippen LogP) is 14.8. The van der Waals surface area contributed by atoms with Gasteiger partial charge in [-0.05, 0) is 77.6 Å². The Bertz CT molecular complexity index is 1010. The van der Waals surface area contributed by atoms with E-state index in [2.05, 4.69) is 50.3 Å². The van der Waals surface area contributed by atoms with Crippen molar-refractivity contribution in [2.75, 3.05) is 19.8 Å². The summed E-state index contributed by atoms with van der Waals surface area (Å²) in [7, 11) is -4.28. The molecule has 0 spiro atoms. The molecule has 2 unspecified atom stereocenters. The van der Waals surface area contributed by atoms with Crippen molar-refractivity contribution < 1.29 is 37.6 Å². The number of phosphoric ester groups is 1. The molecule has 0 aliphatic rings. The van der Waals surface area contributed by atoms with E-state index in [1.54, 1.807) is 6.92 Å². The molecule has 9 heteroatoms. The van der Waals surface area contributed by atoms with Gasteiger partial charge in [0, 0.05) is 12.8 Å². The molecule has 1 N–H and O–H groups in total. The van der Waals surface area contributed by atoms with Crippen LogP contribution in [0.3, 0.4) is 0 Å². The van der Waals surface area contributed by atoms with Crippen LogP contribution in [0, 0.1) is 0 Å². The number of ether oxygens (including phenoxy) is 2. The standard InChI is InChI=1S/C47H87O8P/c1-4-7-9-11-13-15-17-19-21-22-23-24-25-26-28-29-31-33-35-37-39-41-46(48)52-43-45(44-54-56(50,51)53-6-3)55-47(49)42-40-38-36-34-32-30-27-20-18-16-14-12-10-8-5-2/h14,16,20,22-23,27,45H,4-13,15,17-19,21,24-26,28-44H2,1-3H3,(H,50,51)/b16-14-,23-22-,27-20-. The van der Waals surface area contributed by atoms with Crippen LogP contribution in [0.15, 0.2) is 36.5 Å². The van der Waals surface area contributed by atoms with Crippen molar-refractivity contribution in [2.45, 2.75) is 232 Å². The lowest BCUT2D eigenvalue weighted by Crippen LogP contribution is -2.29. The number of hydrogen-bond acceptors (Lipinski definition) is 7. The molecule has 0 radical (unpaired) electrons. The molecule has 328 valence electrons. The Balaban J connectivity index is 4.02. The number of phosphoric acid groups is 1. The molecule has 0 fully saturated rings. The zero-order valence-electron chi connectivity index (χ0n) is 36.5. The summed E-state index contributed by atoms with van der Waals surface area (Å²) in [5, 5.41) is 0. The van der Waals surface area contributed by atoms with E-state index < -0.39 is 26.5 Å². The summed E-state index contributed by atoms with van der Waals surface area (Å²) in [5.74, 6) is -0.811. The SMILES string of the molecule is CCCCC/C=C\C/C=C\CCCCCCCC(=O)OC(COC(=O)CCCCCCCCCCC/C=C\CCCCCCCCCC)COP(=O)(O)OCC. The van der Waals surface area contributed by atoms with Gasteiger partial charge >= 0.3 is 19.8 Å². The molecule has 0 heterocycles. The van der Waals surface area contributed by atoms with Gasteiger partial charge < -0.3 is 14.4 Å². The van der Waals surface area contributed by atoms with Gasteiger partial charge in [-0.3, -0.25) is 18.6 Å². The second-order valence-corrected chi connectivity index (χ2v) is 16.9. The Labute approximate surface area is 345 Å². The van der Waals surface area contributed by atoms with Crippen LogP contribution in [0.1, 0.15) is 226 Å². The lowest BCUT2D eigenvalue weighted by Gasteiger charge is -2.19. The Morgan fingerprint density at radius 3 is 1.32 bits per heavy atom. The molecule has 0 saturated carbocycles. The van der Waals surface area contributed by atoms with Gasteiger partial charge in [0.05, 0.1) is 13.2 Å². The van der Waals surface area contributed by atoms with E-state index in [1.807, 2.05) is 0 Å². The van der Waals surface area contributed by atoms with Crippen LogP contribution in [0.5, 0.6) is 0 Å². The third-order valence-corrected chi connectivity index (χ3v) is 11.0. The maximum Gasteiger partial charge on any atom is 0.472 e. The van der Waals surface area contributed by atoms with Crippen LogP contribution in [0.25, 0.3) is 0 Å². The first-order chi connectivity index (χ1) is 27.3. The fourth-order valence-corrected chi connectivity index (χ4v) is 7.23. The van der Waals surface area contributed by atoms with Gasteiger partial charge in [-0.25, -0.2) is 4.57 Å². The van der Waals surface area contributed by atoms with Crippen molar-refractivity contribution in [1.82, 2.24) is 0 Å². The summed E-state index contributed by atoms with van der Waals surface area (Å²) in [5.41, 5.74) is 0. The topological polar surface area (TPSA) is 108 Å². The van der Waals surface area contributed by atoms with Gasteiger partial charge in [-0.1, -0.05) is 172 Å². The van der Waals surface area contributed by atoms with Crippen LogP contribution >= 0.6 is 7.82 Å². The monoisotopic (exact) mass is 811 g/mol. The van der Waals surface area contributed by atoms with Crippen molar-refractivity contribution >= 4 is 19.8 Å². The highest BCUT2D eigenvalue weighted by atomic mass is 31.2. The Morgan fingerprint density at radius 2 is 0.857 bits per heavy atom. The highest BCUT2D eigenvalue weighted by Gasteiger charge is 2.25. The van der Waals surface area contributed by atoms with Gasteiger partial charge in [-0.15, -0.1) is 0 Å². The van der Waals surface area contributed by atoms with Crippen LogP contribution in [-0.4, -0.2) is 42.8 Å². The predicted molar refractivity (Wildman–Crippen MR) is 235 cm³/mol. The maximum absolute atomic E-state index is 12.6. The number of rotatable bonds is 43. The number of carbonyl (C=O) groups excluding carboxylic acids is 2. The summed E-state index contributed by atoms with van der Waals surface area (Å²) < 4.78 is 32.7. The van der Waals surface area contributed by atoms with Crippen molar-refractivity contribution in [2.24, 2.45) is 0 Å². The largest absolute Gasteiger partial charge is 0.472 e. The quantitative estimate of drug-likeness (QED) is 0.0281. The number of hydrogen-bond donors (Lipinski definition) is 1. The molecular weight excluding hydrogens is 723 g/mol. The molecule has 0 amide bonds. The van der Waals surface area contributed by atoms with Crippen molar-refractivity contribution in [3.05, 3.63) is 36.5 Å². The minimum atomic E-state index is -4.28. The lowest BCUT2D eigenvalue weighted by molar-refractivity contribution is -0.161. The summed E-state index contributed by atoms with van der Waals surface area (Å²) >= 11 is 0. The Kier molecular flexibility index (Phi) is 41.5. The maximum atomic E-state index is 12.6. The molecule has 0 saturated heterocycles. The third-order valence-electron chi connectivity index (χ3n) is 9.92. The van der Waals surface area contributed by atoms with Gasteiger partial charge in [0.2, 0.25) is 0 Å². The van der Waals surface area contributed by atoms with Gasteiger partial charge in [0.1, 0.15) is 6.61 Å². The smallest absolute Gasteiger partial charge is 0.462 e. The highest BCUT2D eigenvalue weighted by molar-refractivity contribution is 7.47. The summed E-state index contributed by atoms with van der Waals surface area (Å²) in [4.78, 5) is 34.8. The number of esters is 2. The van der Waals surface area contributed by atoms with Crippen molar-refractivity contribution in [3.63, 3.8) is 0 Å². The molecule has 0 aromatic heterocycles. The zero-order chi connectivity index (χ0) is 41.1. The van der Waals surface area contributed by atoms with Crippen LogP contribution in [0.2, 0.25) is 0 Å². The first kappa shape index (κ1) is 54.3. The van der Waals surface area contributed by atoms with E-state index in [9.17, 15) is 19.0 Å². The number of allylic oxidation sites excluding steroid dienone is 6. The van der Waals surface area contributed by atoms with Gasteiger partial charge in [0.15, 0.2) is 6.10 Å². The highest BCUT2D eigenvalue weighted by Crippen LogP contribution is 2.43. The number of carbonyl (C=O) groups is 2. The Hall–Kier alpha value is -1.73. The molecule has 0 rings (SSSR count). The van der Waals surface area contributed by atoms with E-state index in [1.165, 1.54) is 128 Å². The molecule has 0 aromatic rings. The van der Waals surface area contributed by atoms with Crippen LogP contribution in [0.4, 0.5) is 0 Å². The minimum Gasteiger partial charge on any atom is -0.462 e. The van der Waals surface area contributed by atoms with Crippen molar-refractivity contribution in [3.8, 4) is 0 Å². The minimum absolute atomic E-state index is 0.00261. The second-order valence-electron chi connectivity index (χ2n) is 15.4. The number of unbranched alkanes of at least 4 members (excludes halogenated alkanes) is 25. The van der Waals surface area contributed by atoms with Crippen LogP contribution in [-0.2, 0) is 32.7 Å². The summed E-state index contributed by atoms with van der Waals surface area (Å²) in [6.07, 6.45) is 49.1. The lowest BCUT2D eigenvalue weighted by atomic mass is 10.1. The van der Waals surface area contributed by atoms with E-state index in [0.29, 0.717) is 6.42 Å². The van der Waals surface area contributed by atoms with Crippen molar-refractivity contribution in [1.29, 1.82) is 0 Å². The molecule has 8 nitrogen and oxygen atoms in total. The zero-order valence-corrected chi connectivity index (χ0v) is 37.4. The molecule has 0 aliphatic carbocycles. The summed E-state index contributed by atoms with van der Waals surface area (Å²) in [6.45, 7) is 5.45. The first-order valence-corrected chi connectivity index (χ1v) is 24.8. The fraction of sp³-hybridized carbons (Fsp3) is 0.830. The van der Waals surface area contributed by atoms with Gasteiger partial charge in [-0.2, -0.15) is 0 Å². The van der Waals surface area contributed by atoms with E-state index >= 15 is 0 Å². The molecule has 0 aromatic carbocycles. The van der Waals surface area contributed by atoms with E-state index in [-0.39, 0.29) is 32.0 Å². The average molecular weight is 811 g/mol. The third kappa shape index (κ3) is 41.9. The molecule has 0 bridgehead atoms. The average Bonchev–Trinajstić information content (AvgIpc) is 3.18.